The minimum absolute atomic E-state index is 0.189. The Morgan fingerprint density at radius 1 is 0.971 bits per heavy atom. The van der Waals surface area contributed by atoms with Crippen molar-refractivity contribution in [1.82, 2.24) is 21.3 Å². The first kappa shape index (κ1) is 26.8. The molecule has 2 rings (SSSR count). The number of rotatable bonds is 12. The zero-order valence-corrected chi connectivity index (χ0v) is 19.2. The highest BCUT2D eigenvalue weighted by Gasteiger charge is 2.33. The molecule has 1 saturated heterocycles. The zero-order chi connectivity index (χ0) is 25.3. The predicted molar refractivity (Wildman–Crippen MR) is 122 cm³/mol. The van der Waals surface area contributed by atoms with Gasteiger partial charge in [-0.2, -0.15) is 0 Å². The second-order valence-corrected chi connectivity index (χ2v) is 8.63. The Hall–Kier alpha value is -3.47. The minimum atomic E-state index is -1.64. The maximum Gasteiger partial charge on any atom is 0.326 e. The van der Waals surface area contributed by atoms with Crippen LogP contribution in [0.2, 0.25) is 0 Å². The van der Waals surface area contributed by atoms with Gasteiger partial charge in [0.05, 0.1) is 12.5 Å². The highest BCUT2D eigenvalue weighted by Crippen LogP contribution is 2.10. The maximum absolute atomic E-state index is 13.2. The molecular weight excluding hydrogens is 444 g/mol. The molecule has 11 nitrogen and oxygen atoms in total. The molecule has 1 aliphatic heterocycles. The van der Waals surface area contributed by atoms with Crippen LogP contribution in [-0.2, 0) is 30.4 Å². The summed E-state index contributed by atoms with van der Waals surface area (Å²) in [4.78, 5) is 60.8. The number of amides is 3. The fraction of sp³-hybridized carbons (Fsp3) is 0.522. The molecule has 1 aromatic rings. The molecule has 1 aliphatic rings. The van der Waals surface area contributed by atoms with E-state index in [0.717, 1.165) is 12.0 Å². The Morgan fingerprint density at radius 3 is 2.18 bits per heavy atom. The lowest BCUT2D eigenvalue weighted by molar-refractivity contribution is -0.147. The van der Waals surface area contributed by atoms with Gasteiger partial charge in [-0.05, 0) is 30.9 Å². The molecule has 4 unspecified atom stereocenters. The minimum Gasteiger partial charge on any atom is -0.481 e. The van der Waals surface area contributed by atoms with Gasteiger partial charge in [0.2, 0.25) is 17.7 Å². The molecule has 0 aliphatic carbocycles. The molecular formula is C23H32N4O7. The summed E-state index contributed by atoms with van der Waals surface area (Å²) in [7, 11) is 0. The number of nitrogens with one attached hydrogen (secondary N) is 4. The first-order valence-corrected chi connectivity index (χ1v) is 11.2. The number of hydrogen-bond donors (Lipinski definition) is 6. The maximum atomic E-state index is 13.2. The third kappa shape index (κ3) is 8.14. The third-order valence-corrected chi connectivity index (χ3v) is 5.53. The molecule has 0 bridgehead atoms. The van der Waals surface area contributed by atoms with Gasteiger partial charge in [0, 0.05) is 6.42 Å². The largest absolute Gasteiger partial charge is 0.481 e. The lowest BCUT2D eigenvalue weighted by Gasteiger charge is -2.27. The van der Waals surface area contributed by atoms with E-state index in [1.807, 2.05) is 30.3 Å². The summed E-state index contributed by atoms with van der Waals surface area (Å²) < 4.78 is 0. The number of benzene rings is 1. The van der Waals surface area contributed by atoms with Gasteiger partial charge < -0.3 is 31.5 Å². The Morgan fingerprint density at radius 2 is 1.65 bits per heavy atom. The van der Waals surface area contributed by atoms with Crippen LogP contribution in [0, 0.1) is 5.92 Å². The monoisotopic (exact) mass is 476 g/mol. The van der Waals surface area contributed by atoms with Crippen molar-refractivity contribution in [3.8, 4) is 0 Å². The zero-order valence-electron chi connectivity index (χ0n) is 19.2. The van der Waals surface area contributed by atoms with E-state index in [1.54, 1.807) is 13.8 Å². The standard InChI is InChI=1S/C23H32N4O7/c1-13(2)19(22(32)26-17(23(33)34)12-18(28)29)27-21(31)16(11-14-7-4-3-5-8-14)25-20(30)15-9-6-10-24-15/h3-5,7-8,13,15-17,19,24H,6,9-12H2,1-2H3,(H,25,30)(H,26,32)(H,27,31)(H,28,29)(H,33,34). The van der Waals surface area contributed by atoms with E-state index in [-0.39, 0.29) is 12.3 Å². The van der Waals surface area contributed by atoms with E-state index >= 15 is 0 Å². The van der Waals surface area contributed by atoms with Gasteiger partial charge in [-0.25, -0.2) is 4.79 Å². The molecule has 0 radical (unpaired) electrons. The number of hydrogen-bond acceptors (Lipinski definition) is 6. The smallest absolute Gasteiger partial charge is 0.326 e. The summed E-state index contributed by atoms with van der Waals surface area (Å²) in [6.07, 6.45) is 0.891. The lowest BCUT2D eigenvalue weighted by atomic mass is 10.00. The van der Waals surface area contributed by atoms with Crippen LogP contribution in [0.25, 0.3) is 0 Å². The van der Waals surface area contributed by atoms with Gasteiger partial charge >= 0.3 is 11.9 Å². The number of carbonyl (C=O) groups is 5. The summed E-state index contributed by atoms with van der Waals surface area (Å²) in [6.45, 7) is 4.03. The number of carboxylic acids is 2. The van der Waals surface area contributed by atoms with Crippen molar-refractivity contribution >= 4 is 29.7 Å². The van der Waals surface area contributed by atoms with Crippen molar-refractivity contribution in [2.45, 2.75) is 63.7 Å². The summed E-state index contributed by atoms with van der Waals surface area (Å²) in [6, 6.07) is 4.93. The predicted octanol–water partition coefficient (Wildman–Crippen LogP) is -0.349. The summed E-state index contributed by atoms with van der Waals surface area (Å²) >= 11 is 0. The van der Waals surface area contributed by atoms with Gasteiger partial charge in [-0.15, -0.1) is 0 Å². The SMILES string of the molecule is CC(C)C(NC(=O)C(Cc1ccccc1)NC(=O)C1CCCN1)C(=O)NC(CC(=O)O)C(=O)O. The lowest BCUT2D eigenvalue weighted by Crippen LogP contribution is -2.59. The quantitative estimate of drug-likeness (QED) is 0.237. The highest BCUT2D eigenvalue weighted by atomic mass is 16.4. The van der Waals surface area contributed by atoms with Gasteiger partial charge in [0.25, 0.3) is 0 Å². The van der Waals surface area contributed by atoms with E-state index in [0.29, 0.717) is 13.0 Å². The highest BCUT2D eigenvalue weighted by molar-refractivity contribution is 5.95. The molecule has 1 fully saturated rings. The summed E-state index contributed by atoms with van der Waals surface area (Å²) in [5, 5.41) is 28.7. The third-order valence-electron chi connectivity index (χ3n) is 5.53. The Labute approximate surface area is 197 Å². The molecule has 6 N–H and O–H groups in total. The molecule has 34 heavy (non-hydrogen) atoms. The van der Waals surface area contributed by atoms with Gasteiger partial charge in [0.1, 0.15) is 18.1 Å². The normalized spacial score (nSPS) is 17.9. The van der Waals surface area contributed by atoms with Crippen LogP contribution in [0.1, 0.15) is 38.7 Å². The van der Waals surface area contributed by atoms with E-state index < -0.39 is 60.3 Å². The van der Waals surface area contributed by atoms with Crippen LogP contribution in [0.15, 0.2) is 30.3 Å². The molecule has 1 aromatic carbocycles. The van der Waals surface area contributed by atoms with Crippen molar-refractivity contribution in [3.63, 3.8) is 0 Å². The number of carboxylic acid groups (broad SMARTS) is 2. The van der Waals surface area contributed by atoms with Crippen molar-refractivity contribution in [3.05, 3.63) is 35.9 Å². The molecule has 3 amide bonds. The van der Waals surface area contributed by atoms with Crippen LogP contribution >= 0.6 is 0 Å². The summed E-state index contributed by atoms with van der Waals surface area (Å²) in [5.74, 6) is -5.06. The van der Waals surface area contributed by atoms with E-state index in [2.05, 4.69) is 21.3 Å². The molecule has 1 heterocycles. The van der Waals surface area contributed by atoms with Gasteiger partial charge in [-0.3, -0.25) is 19.2 Å². The van der Waals surface area contributed by atoms with Crippen LogP contribution in [0.5, 0.6) is 0 Å². The first-order chi connectivity index (χ1) is 16.1. The first-order valence-electron chi connectivity index (χ1n) is 11.2. The fourth-order valence-corrected chi connectivity index (χ4v) is 3.66. The van der Waals surface area contributed by atoms with E-state index in [4.69, 9.17) is 5.11 Å². The van der Waals surface area contributed by atoms with Crippen molar-refractivity contribution in [2.24, 2.45) is 5.92 Å². The molecule has 0 aromatic heterocycles. The van der Waals surface area contributed by atoms with E-state index in [1.165, 1.54) is 0 Å². The molecule has 0 saturated carbocycles. The second kappa shape index (κ2) is 12.7. The Bertz CT molecular complexity index is 885. The average molecular weight is 477 g/mol. The van der Waals surface area contributed by atoms with Crippen LogP contribution in [0.4, 0.5) is 0 Å². The van der Waals surface area contributed by atoms with Crippen LogP contribution in [-0.4, -0.2) is 70.6 Å². The van der Waals surface area contributed by atoms with Crippen LogP contribution in [0.3, 0.4) is 0 Å². The molecule has 0 spiro atoms. The van der Waals surface area contributed by atoms with E-state index in [9.17, 15) is 29.1 Å². The number of aliphatic carboxylic acids is 2. The Kier molecular flexibility index (Phi) is 9.99. The van der Waals surface area contributed by atoms with Crippen molar-refractivity contribution in [1.29, 1.82) is 0 Å². The topological polar surface area (TPSA) is 174 Å². The van der Waals surface area contributed by atoms with Crippen LogP contribution < -0.4 is 21.3 Å². The van der Waals surface area contributed by atoms with Crippen molar-refractivity contribution < 1.29 is 34.2 Å². The van der Waals surface area contributed by atoms with Crippen molar-refractivity contribution in [2.75, 3.05) is 6.54 Å². The van der Waals surface area contributed by atoms with Gasteiger partial charge in [-0.1, -0.05) is 44.2 Å². The Balaban J connectivity index is 2.16. The number of carbonyl (C=O) groups excluding carboxylic acids is 3. The molecule has 4 atom stereocenters. The fourth-order valence-electron chi connectivity index (χ4n) is 3.66. The average Bonchev–Trinajstić information content (AvgIpc) is 3.31. The van der Waals surface area contributed by atoms with Gasteiger partial charge in [0.15, 0.2) is 0 Å². The second-order valence-electron chi connectivity index (χ2n) is 8.63. The molecule has 186 valence electrons. The summed E-state index contributed by atoms with van der Waals surface area (Å²) in [5.41, 5.74) is 0.806. The molecule has 11 heteroatoms.